The van der Waals surface area contributed by atoms with Gasteiger partial charge in [-0.3, -0.25) is 0 Å². The number of aromatic carboxylic acids is 1. The van der Waals surface area contributed by atoms with E-state index < -0.39 is 5.97 Å². The number of anilines is 1. The Kier molecular flexibility index (Phi) is 2.71. The first kappa shape index (κ1) is 10.0. The van der Waals surface area contributed by atoms with Crippen molar-refractivity contribution in [2.75, 3.05) is 12.8 Å². The minimum atomic E-state index is -1.18. The predicted molar refractivity (Wildman–Crippen MR) is 52.3 cm³/mol. The SMILES string of the molecule is C=Cc1cc(N)c(OC)c(C(=O)O)n1. The summed E-state index contributed by atoms with van der Waals surface area (Å²) in [7, 11) is 1.34. The van der Waals surface area contributed by atoms with Gasteiger partial charge in [0, 0.05) is 0 Å². The zero-order valence-electron chi connectivity index (χ0n) is 7.65. The molecule has 0 amide bonds. The molecule has 5 nitrogen and oxygen atoms in total. The van der Waals surface area contributed by atoms with Crippen molar-refractivity contribution in [1.29, 1.82) is 0 Å². The van der Waals surface area contributed by atoms with Crippen LogP contribution in [0.1, 0.15) is 16.2 Å². The quantitative estimate of drug-likeness (QED) is 0.750. The van der Waals surface area contributed by atoms with E-state index in [0.717, 1.165) is 0 Å². The summed E-state index contributed by atoms with van der Waals surface area (Å²) in [6.07, 6.45) is 1.42. The molecule has 1 aromatic heterocycles. The Labute approximate surface area is 80.8 Å². The van der Waals surface area contributed by atoms with E-state index in [4.69, 9.17) is 15.6 Å². The molecule has 0 saturated heterocycles. The van der Waals surface area contributed by atoms with Crippen molar-refractivity contribution in [3.8, 4) is 5.75 Å². The summed E-state index contributed by atoms with van der Waals surface area (Å²) in [5.41, 5.74) is 6.00. The van der Waals surface area contributed by atoms with Crippen LogP contribution in [0.15, 0.2) is 12.6 Å². The van der Waals surface area contributed by atoms with E-state index in [-0.39, 0.29) is 17.1 Å². The highest BCUT2D eigenvalue weighted by molar-refractivity contribution is 5.91. The van der Waals surface area contributed by atoms with Crippen LogP contribution in [-0.4, -0.2) is 23.2 Å². The maximum Gasteiger partial charge on any atom is 0.358 e. The highest BCUT2D eigenvalue weighted by Gasteiger charge is 2.16. The van der Waals surface area contributed by atoms with Gasteiger partial charge in [0.05, 0.1) is 18.5 Å². The first-order chi connectivity index (χ1) is 6.60. The van der Waals surface area contributed by atoms with Gasteiger partial charge in [-0.1, -0.05) is 6.58 Å². The number of nitrogens with zero attached hydrogens (tertiary/aromatic N) is 1. The first-order valence-electron chi connectivity index (χ1n) is 3.80. The number of rotatable bonds is 3. The van der Waals surface area contributed by atoms with Gasteiger partial charge in [0.15, 0.2) is 11.4 Å². The predicted octanol–water partition coefficient (Wildman–Crippen LogP) is 1.01. The van der Waals surface area contributed by atoms with E-state index in [1.54, 1.807) is 0 Å². The molecule has 0 aliphatic carbocycles. The minimum absolute atomic E-state index is 0.0723. The lowest BCUT2D eigenvalue weighted by atomic mass is 10.2. The molecule has 5 heteroatoms. The zero-order valence-corrected chi connectivity index (χ0v) is 7.65. The van der Waals surface area contributed by atoms with E-state index in [9.17, 15) is 4.79 Å². The topological polar surface area (TPSA) is 85.4 Å². The number of carboxylic acid groups (broad SMARTS) is 1. The molecule has 1 heterocycles. The monoisotopic (exact) mass is 194 g/mol. The zero-order chi connectivity index (χ0) is 10.7. The van der Waals surface area contributed by atoms with Crippen molar-refractivity contribution in [2.45, 2.75) is 0 Å². The van der Waals surface area contributed by atoms with Gasteiger partial charge in [-0.15, -0.1) is 0 Å². The summed E-state index contributed by atoms with van der Waals surface area (Å²) in [6.45, 7) is 3.48. The molecule has 0 unspecified atom stereocenters. The molecule has 0 aromatic carbocycles. The Morgan fingerprint density at radius 1 is 1.79 bits per heavy atom. The van der Waals surface area contributed by atoms with E-state index in [0.29, 0.717) is 5.69 Å². The van der Waals surface area contributed by atoms with E-state index in [2.05, 4.69) is 11.6 Å². The number of pyridine rings is 1. The van der Waals surface area contributed by atoms with Crippen LogP contribution in [0.2, 0.25) is 0 Å². The van der Waals surface area contributed by atoms with Crippen molar-refractivity contribution < 1.29 is 14.6 Å². The molecule has 0 aliphatic rings. The average Bonchev–Trinajstić information content (AvgIpc) is 2.16. The number of ether oxygens (including phenoxy) is 1. The molecule has 1 aromatic rings. The first-order valence-corrected chi connectivity index (χ1v) is 3.80. The molecule has 14 heavy (non-hydrogen) atoms. The smallest absolute Gasteiger partial charge is 0.358 e. The third-order valence-electron chi connectivity index (χ3n) is 1.64. The summed E-state index contributed by atoms with van der Waals surface area (Å²) in [4.78, 5) is 14.6. The maximum absolute atomic E-state index is 10.8. The van der Waals surface area contributed by atoms with Crippen LogP contribution in [0.25, 0.3) is 6.08 Å². The second-order valence-corrected chi connectivity index (χ2v) is 2.53. The van der Waals surface area contributed by atoms with Crippen molar-refractivity contribution in [3.05, 3.63) is 24.0 Å². The van der Waals surface area contributed by atoms with Crippen LogP contribution in [0.4, 0.5) is 5.69 Å². The molecule has 0 spiro atoms. The van der Waals surface area contributed by atoms with Gasteiger partial charge in [0.25, 0.3) is 0 Å². The Morgan fingerprint density at radius 2 is 2.43 bits per heavy atom. The van der Waals surface area contributed by atoms with E-state index in [1.165, 1.54) is 19.3 Å². The highest BCUT2D eigenvalue weighted by Crippen LogP contribution is 2.25. The Bertz CT molecular complexity index is 388. The van der Waals surface area contributed by atoms with Gasteiger partial charge in [-0.05, 0) is 12.1 Å². The Morgan fingerprint density at radius 3 is 2.86 bits per heavy atom. The fourth-order valence-electron chi connectivity index (χ4n) is 1.04. The Hall–Kier alpha value is -2.04. The van der Waals surface area contributed by atoms with Gasteiger partial charge >= 0.3 is 5.97 Å². The lowest BCUT2D eigenvalue weighted by Crippen LogP contribution is -2.07. The molecule has 1 rings (SSSR count). The fraction of sp³-hybridized carbons (Fsp3) is 0.111. The van der Waals surface area contributed by atoms with Gasteiger partial charge < -0.3 is 15.6 Å². The van der Waals surface area contributed by atoms with E-state index >= 15 is 0 Å². The number of carbonyl (C=O) groups is 1. The molecular weight excluding hydrogens is 184 g/mol. The normalized spacial score (nSPS) is 9.50. The molecule has 0 fully saturated rings. The lowest BCUT2D eigenvalue weighted by Gasteiger charge is -2.07. The van der Waals surface area contributed by atoms with Crippen LogP contribution in [0, 0.1) is 0 Å². The number of nitrogen functional groups attached to an aromatic ring is 1. The number of nitrogens with two attached hydrogens (primary N) is 1. The van der Waals surface area contributed by atoms with Crippen LogP contribution in [0.3, 0.4) is 0 Å². The average molecular weight is 194 g/mol. The molecular formula is C9H10N2O3. The van der Waals surface area contributed by atoms with Gasteiger partial charge in [-0.25, -0.2) is 9.78 Å². The van der Waals surface area contributed by atoms with Gasteiger partial charge in [0.2, 0.25) is 0 Å². The summed E-state index contributed by atoms with van der Waals surface area (Å²) in [6, 6.07) is 1.50. The number of aromatic nitrogens is 1. The summed E-state index contributed by atoms with van der Waals surface area (Å²) in [5.74, 6) is -1.11. The highest BCUT2D eigenvalue weighted by atomic mass is 16.5. The number of carboxylic acids is 1. The summed E-state index contributed by atoms with van der Waals surface area (Å²) < 4.78 is 4.83. The third-order valence-corrected chi connectivity index (χ3v) is 1.64. The maximum atomic E-state index is 10.8. The van der Waals surface area contributed by atoms with Crippen LogP contribution >= 0.6 is 0 Å². The third kappa shape index (κ3) is 1.66. The second kappa shape index (κ2) is 3.78. The van der Waals surface area contributed by atoms with Crippen molar-refractivity contribution in [2.24, 2.45) is 0 Å². The molecule has 74 valence electrons. The molecule has 0 atom stereocenters. The second-order valence-electron chi connectivity index (χ2n) is 2.53. The fourth-order valence-corrected chi connectivity index (χ4v) is 1.04. The summed E-state index contributed by atoms with van der Waals surface area (Å²) in [5, 5.41) is 8.81. The number of methoxy groups -OCH3 is 1. The Balaban J connectivity index is 3.42. The minimum Gasteiger partial charge on any atom is -0.492 e. The number of hydrogen-bond acceptors (Lipinski definition) is 4. The largest absolute Gasteiger partial charge is 0.492 e. The summed E-state index contributed by atoms with van der Waals surface area (Å²) >= 11 is 0. The van der Waals surface area contributed by atoms with Gasteiger partial charge in [0.1, 0.15) is 0 Å². The van der Waals surface area contributed by atoms with Crippen LogP contribution in [-0.2, 0) is 0 Å². The molecule has 0 saturated carbocycles. The van der Waals surface area contributed by atoms with Crippen LogP contribution in [0.5, 0.6) is 5.75 Å². The molecule has 0 radical (unpaired) electrons. The molecule has 3 N–H and O–H groups in total. The standard InChI is InChI=1S/C9H10N2O3/c1-3-5-4-6(10)8(14-2)7(11-5)9(12)13/h3-4H,1H2,2H3,(H2,10,11)(H,12,13). The van der Waals surface area contributed by atoms with Crippen LogP contribution < -0.4 is 10.5 Å². The van der Waals surface area contributed by atoms with Crippen molar-refractivity contribution >= 4 is 17.7 Å². The molecule has 0 bridgehead atoms. The van der Waals surface area contributed by atoms with Crippen molar-refractivity contribution in [1.82, 2.24) is 4.98 Å². The number of hydrogen-bond donors (Lipinski definition) is 2. The van der Waals surface area contributed by atoms with E-state index in [1.807, 2.05) is 0 Å². The molecule has 0 aliphatic heterocycles. The lowest BCUT2D eigenvalue weighted by molar-refractivity contribution is 0.0686. The van der Waals surface area contributed by atoms with Crippen molar-refractivity contribution in [3.63, 3.8) is 0 Å². The van der Waals surface area contributed by atoms with Gasteiger partial charge in [-0.2, -0.15) is 0 Å².